The van der Waals surface area contributed by atoms with Crippen molar-refractivity contribution in [1.29, 1.82) is 0 Å². The molecule has 0 aliphatic carbocycles. The Morgan fingerprint density at radius 3 is 2.50 bits per heavy atom. The van der Waals surface area contributed by atoms with Gasteiger partial charge in [0.1, 0.15) is 0 Å². The Kier molecular flexibility index (Phi) is 6.67. The summed E-state index contributed by atoms with van der Waals surface area (Å²) in [5, 5.41) is 2.94. The molecule has 0 aromatic heterocycles. The number of nitrogens with one attached hydrogen (secondary N) is 1. The van der Waals surface area contributed by atoms with E-state index in [9.17, 15) is 14.4 Å². The lowest BCUT2D eigenvalue weighted by atomic mass is 10.1. The van der Waals surface area contributed by atoms with Crippen molar-refractivity contribution >= 4 is 23.4 Å². The molecule has 1 saturated heterocycles. The lowest BCUT2D eigenvalue weighted by molar-refractivity contribution is -0.116. The fraction of sp³-hybridized carbons (Fsp3) is 0.400. The monoisotopic (exact) mass is 434 g/mol. The maximum Gasteiger partial charge on any atom is 0.261 e. The summed E-state index contributed by atoms with van der Waals surface area (Å²) in [6, 6.07) is 13.2. The molecule has 2 aliphatic heterocycles. The number of imide groups is 1. The molecule has 4 rings (SSSR count). The second-order valence-electron chi connectivity index (χ2n) is 8.74. The Labute approximate surface area is 189 Å². The van der Waals surface area contributed by atoms with Crippen LogP contribution in [0.5, 0.6) is 0 Å². The molecule has 1 N–H and O–H groups in total. The number of carbonyl (C=O) groups is 3. The lowest BCUT2D eigenvalue weighted by Gasteiger charge is -2.32. The van der Waals surface area contributed by atoms with Crippen molar-refractivity contribution in [2.24, 2.45) is 0 Å². The number of piperazine rings is 1. The SMILES string of the molecule is Cc1ccc2c(c1)C(=O)N(CCCC(=O)Nc1cccc(CN3CCN(C)CC3)c1)C2=O. The highest BCUT2D eigenvalue weighted by Crippen LogP contribution is 2.24. The quantitative estimate of drug-likeness (QED) is 0.679. The van der Waals surface area contributed by atoms with Gasteiger partial charge in [-0.25, -0.2) is 0 Å². The summed E-state index contributed by atoms with van der Waals surface area (Å²) < 4.78 is 0. The predicted octanol–water partition coefficient (Wildman–Crippen LogP) is 2.76. The van der Waals surface area contributed by atoms with Gasteiger partial charge in [0.2, 0.25) is 5.91 Å². The normalized spacial score (nSPS) is 17.0. The second-order valence-corrected chi connectivity index (χ2v) is 8.74. The Hall–Kier alpha value is -3.03. The van der Waals surface area contributed by atoms with Gasteiger partial charge in [0.15, 0.2) is 0 Å². The molecule has 1 fully saturated rings. The van der Waals surface area contributed by atoms with Gasteiger partial charge in [-0.2, -0.15) is 0 Å². The smallest absolute Gasteiger partial charge is 0.261 e. The maximum absolute atomic E-state index is 12.5. The van der Waals surface area contributed by atoms with E-state index < -0.39 is 0 Å². The zero-order chi connectivity index (χ0) is 22.7. The minimum Gasteiger partial charge on any atom is -0.326 e. The zero-order valence-corrected chi connectivity index (χ0v) is 18.8. The van der Waals surface area contributed by atoms with Gasteiger partial charge in [0.25, 0.3) is 11.8 Å². The standard InChI is InChI=1S/C25H30N4O3/c1-18-8-9-21-22(15-18)25(32)29(24(21)31)10-4-7-23(30)26-20-6-3-5-19(16-20)17-28-13-11-27(2)12-14-28/h3,5-6,8-9,15-16H,4,7,10-14,17H2,1-2H3,(H,26,30). The van der Waals surface area contributed by atoms with Crippen LogP contribution in [0, 0.1) is 6.92 Å². The van der Waals surface area contributed by atoms with E-state index in [1.54, 1.807) is 12.1 Å². The molecule has 0 unspecified atom stereocenters. The third kappa shape index (κ3) is 5.06. The van der Waals surface area contributed by atoms with Gasteiger partial charge < -0.3 is 10.2 Å². The fourth-order valence-corrected chi connectivity index (χ4v) is 4.24. The van der Waals surface area contributed by atoms with Crippen LogP contribution in [-0.4, -0.2) is 72.2 Å². The van der Waals surface area contributed by atoms with Crippen molar-refractivity contribution in [1.82, 2.24) is 14.7 Å². The summed E-state index contributed by atoms with van der Waals surface area (Å²) in [6.07, 6.45) is 0.673. The van der Waals surface area contributed by atoms with Crippen molar-refractivity contribution in [3.63, 3.8) is 0 Å². The minimum atomic E-state index is -0.276. The summed E-state index contributed by atoms with van der Waals surface area (Å²) in [7, 11) is 2.14. The summed E-state index contributed by atoms with van der Waals surface area (Å²) in [5.41, 5.74) is 3.80. The van der Waals surface area contributed by atoms with Crippen molar-refractivity contribution < 1.29 is 14.4 Å². The molecule has 3 amide bonds. The van der Waals surface area contributed by atoms with E-state index in [0.29, 0.717) is 17.5 Å². The van der Waals surface area contributed by atoms with Gasteiger partial charge in [-0.1, -0.05) is 23.8 Å². The largest absolute Gasteiger partial charge is 0.326 e. The third-order valence-corrected chi connectivity index (χ3v) is 6.12. The first-order valence-electron chi connectivity index (χ1n) is 11.2. The number of fused-ring (bicyclic) bond motifs is 1. The molecule has 2 heterocycles. The van der Waals surface area contributed by atoms with E-state index in [-0.39, 0.29) is 30.7 Å². The van der Waals surface area contributed by atoms with Gasteiger partial charge in [-0.05, 0) is 50.2 Å². The number of benzene rings is 2. The zero-order valence-electron chi connectivity index (χ0n) is 18.8. The number of anilines is 1. The first kappa shape index (κ1) is 22.2. The van der Waals surface area contributed by atoms with Crippen molar-refractivity contribution in [3.8, 4) is 0 Å². The molecule has 7 nitrogen and oxygen atoms in total. The number of carbonyl (C=O) groups excluding carboxylic acids is 3. The molecule has 0 radical (unpaired) electrons. The minimum absolute atomic E-state index is 0.116. The molecular weight excluding hydrogens is 404 g/mol. The molecule has 2 aromatic carbocycles. The van der Waals surface area contributed by atoms with E-state index in [1.807, 2.05) is 31.2 Å². The fourth-order valence-electron chi connectivity index (χ4n) is 4.24. The molecule has 0 atom stereocenters. The molecule has 2 aliphatic rings. The van der Waals surface area contributed by atoms with E-state index >= 15 is 0 Å². The molecule has 0 saturated carbocycles. The Bertz CT molecular complexity index is 1030. The highest BCUT2D eigenvalue weighted by Gasteiger charge is 2.34. The number of aryl methyl sites for hydroxylation is 1. The molecule has 0 spiro atoms. The van der Waals surface area contributed by atoms with Gasteiger partial charge in [0, 0.05) is 51.4 Å². The van der Waals surface area contributed by atoms with E-state index in [4.69, 9.17) is 0 Å². The van der Waals surface area contributed by atoms with Crippen LogP contribution >= 0.6 is 0 Å². The molecule has 168 valence electrons. The second kappa shape index (κ2) is 9.63. The summed E-state index contributed by atoms with van der Waals surface area (Å²) >= 11 is 0. The van der Waals surface area contributed by atoms with Gasteiger partial charge in [-0.3, -0.25) is 24.2 Å². The highest BCUT2D eigenvalue weighted by molar-refractivity contribution is 6.21. The number of amides is 3. The maximum atomic E-state index is 12.5. The van der Waals surface area contributed by atoms with Crippen LogP contribution in [-0.2, 0) is 11.3 Å². The average molecular weight is 435 g/mol. The van der Waals surface area contributed by atoms with Crippen LogP contribution in [0.25, 0.3) is 0 Å². The van der Waals surface area contributed by atoms with Gasteiger partial charge >= 0.3 is 0 Å². The molecular formula is C25H30N4O3. The number of rotatable bonds is 7. The molecule has 2 aromatic rings. The Morgan fingerprint density at radius 2 is 1.72 bits per heavy atom. The van der Waals surface area contributed by atoms with E-state index in [1.165, 1.54) is 10.5 Å². The lowest BCUT2D eigenvalue weighted by Crippen LogP contribution is -2.43. The summed E-state index contributed by atoms with van der Waals surface area (Å²) in [4.78, 5) is 43.5. The number of hydrogen-bond donors (Lipinski definition) is 1. The van der Waals surface area contributed by atoms with Crippen LogP contribution < -0.4 is 5.32 Å². The van der Waals surface area contributed by atoms with Crippen molar-refractivity contribution in [2.75, 3.05) is 45.1 Å². The van der Waals surface area contributed by atoms with E-state index in [2.05, 4.69) is 28.2 Å². The van der Waals surface area contributed by atoms with Crippen LogP contribution in [0.4, 0.5) is 5.69 Å². The van der Waals surface area contributed by atoms with Crippen LogP contribution in [0.2, 0.25) is 0 Å². The Morgan fingerprint density at radius 1 is 0.969 bits per heavy atom. The first-order chi connectivity index (χ1) is 15.4. The molecule has 32 heavy (non-hydrogen) atoms. The highest BCUT2D eigenvalue weighted by atomic mass is 16.2. The van der Waals surface area contributed by atoms with Crippen LogP contribution in [0.3, 0.4) is 0 Å². The van der Waals surface area contributed by atoms with Gasteiger partial charge in [0.05, 0.1) is 11.1 Å². The number of hydrogen-bond acceptors (Lipinski definition) is 5. The van der Waals surface area contributed by atoms with Crippen molar-refractivity contribution in [2.45, 2.75) is 26.3 Å². The summed E-state index contributed by atoms with van der Waals surface area (Å²) in [5.74, 6) is -0.665. The summed E-state index contributed by atoms with van der Waals surface area (Å²) in [6.45, 7) is 7.24. The molecule has 7 heteroatoms. The first-order valence-corrected chi connectivity index (χ1v) is 11.2. The van der Waals surface area contributed by atoms with Gasteiger partial charge in [-0.15, -0.1) is 0 Å². The van der Waals surface area contributed by atoms with Crippen molar-refractivity contribution in [3.05, 3.63) is 64.7 Å². The molecule has 0 bridgehead atoms. The topological polar surface area (TPSA) is 73.0 Å². The van der Waals surface area contributed by atoms with E-state index in [0.717, 1.165) is 44.0 Å². The average Bonchev–Trinajstić information content (AvgIpc) is 3.00. The number of likely N-dealkylation sites (N-methyl/N-ethyl adjacent to an activating group) is 1. The van der Waals surface area contributed by atoms with Crippen LogP contribution in [0.1, 0.15) is 44.7 Å². The number of nitrogens with zero attached hydrogens (tertiary/aromatic N) is 3. The Balaban J connectivity index is 1.26. The van der Waals surface area contributed by atoms with Crippen LogP contribution in [0.15, 0.2) is 42.5 Å². The third-order valence-electron chi connectivity index (χ3n) is 6.12. The predicted molar refractivity (Wildman–Crippen MR) is 124 cm³/mol.